The van der Waals surface area contributed by atoms with Crippen molar-refractivity contribution in [3.8, 4) is 5.75 Å². The van der Waals surface area contributed by atoms with E-state index >= 15 is 0 Å². The number of nitrogens with one attached hydrogen (secondary N) is 1. The molecule has 19 heavy (non-hydrogen) atoms. The van der Waals surface area contributed by atoms with Gasteiger partial charge >= 0.3 is 0 Å². The number of ether oxygens (including phenoxy) is 1. The molecular weight excluding hydrogens is 254 g/mol. The lowest BCUT2D eigenvalue weighted by Crippen LogP contribution is -2.10. The van der Waals surface area contributed by atoms with Crippen molar-refractivity contribution in [3.05, 3.63) is 24.3 Å². The van der Waals surface area contributed by atoms with Gasteiger partial charge in [-0.25, -0.2) is 0 Å². The van der Waals surface area contributed by atoms with Crippen LogP contribution >= 0.6 is 11.8 Å². The minimum atomic E-state index is 0.449. The van der Waals surface area contributed by atoms with Crippen LogP contribution in [-0.4, -0.2) is 24.7 Å². The summed E-state index contributed by atoms with van der Waals surface area (Å²) >= 11 is 1.92. The van der Waals surface area contributed by atoms with Gasteiger partial charge in [-0.3, -0.25) is 0 Å². The standard InChI is InChI=1S/C16H25NOS/c1-19-13-5-4-12-17-14-8-10-16(11-9-14)18-15-6-2-3-7-15/h8-11,15,17H,2-7,12-13H2,1H3. The average Bonchev–Trinajstić information content (AvgIpc) is 2.93. The topological polar surface area (TPSA) is 21.3 Å². The predicted octanol–water partition coefficient (Wildman–Crippen LogP) is 4.56. The summed E-state index contributed by atoms with van der Waals surface area (Å²) in [4.78, 5) is 0. The van der Waals surface area contributed by atoms with Gasteiger partial charge in [0.2, 0.25) is 0 Å². The van der Waals surface area contributed by atoms with E-state index in [-0.39, 0.29) is 0 Å². The highest BCUT2D eigenvalue weighted by atomic mass is 32.2. The normalized spacial score (nSPS) is 15.6. The fourth-order valence-corrected chi connectivity index (χ4v) is 2.95. The Labute approximate surface area is 121 Å². The van der Waals surface area contributed by atoms with Crippen molar-refractivity contribution in [2.24, 2.45) is 0 Å². The predicted molar refractivity (Wildman–Crippen MR) is 85.4 cm³/mol. The minimum Gasteiger partial charge on any atom is -0.490 e. The van der Waals surface area contributed by atoms with Gasteiger partial charge in [0.25, 0.3) is 0 Å². The number of anilines is 1. The molecule has 1 fully saturated rings. The summed E-state index contributed by atoms with van der Waals surface area (Å²) in [6, 6.07) is 8.42. The zero-order chi connectivity index (χ0) is 13.3. The van der Waals surface area contributed by atoms with Gasteiger partial charge in [-0.05, 0) is 74.8 Å². The quantitative estimate of drug-likeness (QED) is 0.705. The van der Waals surface area contributed by atoms with Crippen molar-refractivity contribution >= 4 is 17.4 Å². The van der Waals surface area contributed by atoms with Crippen molar-refractivity contribution < 1.29 is 4.74 Å². The van der Waals surface area contributed by atoms with E-state index in [1.807, 2.05) is 11.8 Å². The smallest absolute Gasteiger partial charge is 0.119 e. The van der Waals surface area contributed by atoms with E-state index in [2.05, 4.69) is 35.8 Å². The second-order valence-electron chi connectivity index (χ2n) is 5.18. The number of hydrogen-bond donors (Lipinski definition) is 1. The summed E-state index contributed by atoms with van der Waals surface area (Å²) < 4.78 is 5.96. The van der Waals surface area contributed by atoms with Crippen molar-refractivity contribution in [1.82, 2.24) is 0 Å². The molecule has 0 spiro atoms. The van der Waals surface area contributed by atoms with E-state index in [1.54, 1.807) is 0 Å². The summed E-state index contributed by atoms with van der Waals surface area (Å²) in [5, 5.41) is 3.46. The van der Waals surface area contributed by atoms with Gasteiger partial charge < -0.3 is 10.1 Å². The molecule has 0 saturated heterocycles. The van der Waals surface area contributed by atoms with Crippen molar-refractivity contribution in [2.75, 3.05) is 23.9 Å². The molecule has 0 heterocycles. The largest absolute Gasteiger partial charge is 0.490 e. The summed E-state index contributed by atoms with van der Waals surface area (Å²) in [7, 11) is 0. The van der Waals surface area contributed by atoms with E-state index in [9.17, 15) is 0 Å². The van der Waals surface area contributed by atoms with Crippen LogP contribution in [0.2, 0.25) is 0 Å². The number of thioether (sulfide) groups is 1. The van der Waals surface area contributed by atoms with Crippen LogP contribution in [0.3, 0.4) is 0 Å². The highest BCUT2D eigenvalue weighted by molar-refractivity contribution is 7.98. The number of hydrogen-bond acceptors (Lipinski definition) is 3. The van der Waals surface area contributed by atoms with E-state index in [0.717, 1.165) is 12.3 Å². The molecule has 0 radical (unpaired) electrons. The Balaban J connectivity index is 1.68. The molecule has 0 bridgehead atoms. The zero-order valence-corrected chi connectivity index (χ0v) is 12.7. The average molecular weight is 279 g/mol. The minimum absolute atomic E-state index is 0.449. The van der Waals surface area contributed by atoms with Gasteiger partial charge in [0.1, 0.15) is 5.75 Å². The first kappa shape index (κ1) is 14.6. The maximum Gasteiger partial charge on any atom is 0.119 e. The molecule has 0 aromatic heterocycles. The fraction of sp³-hybridized carbons (Fsp3) is 0.625. The van der Waals surface area contributed by atoms with Gasteiger partial charge in [-0.15, -0.1) is 0 Å². The lowest BCUT2D eigenvalue weighted by atomic mass is 10.2. The van der Waals surface area contributed by atoms with Gasteiger partial charge in [0, 0.05) is 12.2 Å². The van der Waals surface area contributed by atoms with Crippen molar-refractivity contribution in [2.45, 2.75) is 44.6 Å². The Morgan fingerprint density at radius 3 is 2.58 bits per heavy atom. The van der Waals surface area contributed by atoms with E-state index in [4.69, 9.17) is 4.74 Å². The van der Waals surface area contributed by atoms with Crippen LogP contribution < -0.4 is 10.1 Å². The van der Waals surface area contributed by atoms with Crippen LogP contribution in [0, 0.1) is 0 Å². The molecule has 1 aliphatic carbocycles. The van der Waals surface area contributed by atoms with Gasteiger partial charge in [-0.1, -0.05) is 0 Å². The molecule has 2 rings (SSSR count). The van der Waals surface area contributed by atoms with Gasteiger partial charge in [0.15, 0.2) is 0 Å². The maximum absolute atomic E-state index is 5.96. The first-order valence-corrected chi connectivity index (χ1v) is 8.77. The van der Waals surface area contributed by atoms with E-state index < -0.39 is 0 Å². The van der Waals surface area contributed by atoms with Crippen molar-refractivity contribution in [3.63, 3.8) is 0 Å². The van der Waals surface area contributed by atoms with Crippen molar-refractivity contribution in [1.29, 1.82) is 0 Å². The third-order valence-electron chi connectivity index (χ3n) is 3.56. The molecule has 1 saturated carbocycles. The second-order valence-corrected chi connectivity index (χ2v) is 6.16. The fourth-order valence-electron chi connectivity index (χ4n) is 2.45. The van der Waals surface area contributed by atoms with Crippen LogP contribution in [0.15, 0.2) is 24.3 Å². The third kappa shape index (κ3) is 5.35. The number of unbranched alkanes of at least 4 members (excludes halogenated alkanes) is 1. The molecule has 0 amide bonds. The van der Waals surface area contributed by atoms with Crippen LogP contribution in [0.1, 0.15) is 38.5 Å². The summed E-state index contributed by atoms with van der Waals surface area (Å²) in [5.41, 5.74) is 1.20. The van der Waals surface area contributed by atoms with E-state index in [0.29, 0.717) is 6.10 Å². The Kier molecular flexibility index (Phi) is 6.42. The van der Waals surface area contributed by atoms with Gasteiger partial charge in [0.05, 0.1) is 6.10 Å². The maximum atomic E-state index is 5.96. The molecule has 1 aromatic rings. The second kappa shape index (κ2) is 8.36. The molecule has 3 heteroatoms. The van der Waals surface area contributed by atoms with Crippen LogP contribution in [0.5, 0.6) is 5.75 Å². The Bertz CT molecular complexity index is 346. The van der Waals surface area contributed by atoms with Gasteiger partial charge in [-0.2, -0.15) is 11.8 Å². The Hall–Kier alpha value is -0.830. The van der Waals surface area contributed by atoms with Crippen LogP contribution in [0.25, 0.3) is 0 Å². The molecule has 0 aliphatic heterocycles. The van der Waals surface area contributed by atoms with Crippen LogP contribution in [-0.2, 0) is 0 Å². The molecule has 1 aliphatic rings. The molecule has 1 N–H and O–H groups in total. The molecule has 1 aromatic carbocycles. The lowest BCUT2D eigenvalue weighted by molar-refractivity contribution is 0.210. The number of benzene rings is 1. The number of rotatable bonds is 8. The monoisotopic (exact) mass is 279 g/mol. The summed E-state index contributed by atoms with van der Waals surface area (Å²) in [6.45, 7) is 1.06. The Morgan fingerprint density at radius 2 is 1.89 bits per heavy atom. The lowest BCUT2D eigenvalue weighted by Gasteiger charge is -2.13. The SMILES string of the molecule is CSCCCCNc1ccc(OC2CCCC2)cc1. The Morgan fingerprint density at radius 1 is 1.16 bits per heavy atom. The third-order valence-corrected chi connectivity index (χ3v) is 4.26. The molecule has 0 atom stereocenters. The highest BCUT2D eigenvalue weighted by Gasteiger charge is 2.16. The molecular formula is C16H25NOS. The van der Waals surface area contributed by atoms with E-state index in [1.165, 1.54) is 50.0 Å². The molecule has 2 nitrogen and oxygen atoms in total. The molecule has 106 valence electrons. The van der Waals surface area contributed by atoms with Crippen LogP contribution in [0.4, 0.5) is 5.69 Å². The molecule has 0 unspecified atom stereocenters. The zero-order valence-electron chi connectivity index (χ0n) is 11.9. The summed E-state index contributed by atoms with van der Waals surface area (Å²) in [6.07, 6.45) is 10.2. The first-order valence-electron chi connectivity index (χ1n) is 7.38. The highest BCUT2D eigenvalue weighted by Crippen LogP contribution is 2.24. The first-order chi connectivity index (χ1) is 9.38. The summed E-state index contributed by atoms with van der Waals surface area (Å²) in [5.74, 6) is 2.27.